The third kappa shape index (κ3) is 5.92. The number of nitrogen functional groups attached to an aromatic ring is 1. The molecule has 2 amide bonds. The Morgan fingerprint density at radius 1 is 1.19 bits per heavy atom. The third-order valence-electron chi connectivity index (χ3n) is 3.51. The molecule has 0 radical (unpaired) electrons. The molecule has 0 aliphatic heterocycles. The van der Waals surface area contributed by atoms with Crippen LogP contribution in [-0.2, 0) is 4.79 Å². The molecule has 2 aromatic carbocycles. The number of nitrogens with zero attached hydrogens (tertiary/aromatic N) is 2. The first-order chi connectivity index (χ1) is 12.7. The number of nitrogens with one attached hydrogen (secondary N) is 2. The van der Waals surface area contributed by atoms with E-state index >= 15 is 0 Å². The molecule has 0 spiro atoms. The topological polar surface area (TPSA) is 140 Å². The molecule has 140 valence electrons. The molecule has 2 rings (SSSR count). The Hall–Kier alpha value is -3.75. The first-order valence-electron chi connectivity index (χ1n) is 7.99. The Balaban J connectivity index is 1.96. The number of nitrogens with two attached hydrogens (primary N) is 1. The van der Waals surface area contributed by atoms with Gasteiger partial charge in [0, 0.05) is 29.2 Å². The monoisotopic (exact) mass is 369 g/mol. The van der Waals surface area contributed by atoms with Gasteiger partial charge in [-0.05, 0) is 32.0 Å². The summed E-state index contributed by atoms with van der Waals surface area (Å²) in [6, 6.07) is 10.9. The predicted octanol–water partition coefficient (Wildman–Crippen LogP) is 2.62. The highest BCUT2D eigenvalue weighted by Gasteiger charge is 2.13. The Labute approximate surface area is 155 Å². The number of amides is 2. The van der Waals surface area contributed by atoms with Crippen molar-refractivity contribution in [2.24, 2.45) is 5.10 Å². The van der Waals surface area contributed by atoms with E-state index in [1.807, 2.05) is 19.1 Å². The molecule has 4 N–H and O–H groups in total. The summed E-state index contributed by atoms with van der Waals surface area (Å²) in [4.78, 5) is 34.3. The summed E-state index contributed by atoms with van der Waals surface area (Å²) >= 11 is 0. The lowest BCUT2D eigenvalue weighted by atomic mass is 10.1. The summed E-state index contributed by atoms with van der Waals surface area (Å²) < 4.78 is 0. The van der Waals surface area contributed by atoms with Crippen molar-refractivity contribution in [1.82, 2.24) is 5.43 Å². The van der Waals surface area contributed by atoms with Crippen molar-refractivity contribution in [3.63, 3.8) is 0 Å². The van der Waals surface area contributed by atoms with Crippen LogP contribution in [0.25, 0.3) is 0 Å². The maximum atomic E-state index is 12.1. The average Bonchev–Trinajstić information content (AvgIpc) is 2.61. The lowest BCUT2D eigenvalue weighted by Gasteiger charge is -2.06. The summed E-state index contributed by atoms with van der Waals surface area (Å²) in [6.45, 7) is 3.52. The van der Waals surface area contributed by atoms with E-state index in [0.29, 0.717) is 11.4 Å². The maximum Gasteiger partial charge on any atom is 0.272 e. The molecule has 0 unspecified atom stereocenters. The molecule has 2 aromatic rings. The van der Waals surface area contributed by atoms with Crippen molar-refractivity contribution >= 4 is 34.6 Å². The van der Waals surface area contributed by atoms with E-state index in [1.165, 1.54) is 6.07 Å². The molecule has 0 heterocycles. The third-order valence-corrected chi connectivity index (χ3v) is 3.51. The van der Waals surface area contributed by atoms with Crippen LogP contribution in [0.4, 0.5) is 17.1 Å². The van der Waals surface area contributed by atoms with Gasteiger partial charge in [-0.25, -0.2) is 5.43 Å². The van der Waals surface area contributed by atoms with Gasteiger partial charge < -0.3 is 11.1 Å². The summed E-state index contributed by atoms with van der Waals surface area (Å²) in [6.07, 6.45) is -0.0226. The molecule has 9 heteroatoms. The van der Waals surface area contributed by atoms with Crippen LogP contribution in [0.15, 0.2) is 47.6 Å². The van der Waals surface area contributed by atoms with Crippen molar-refractivity contribution in [3.8, 4) is 0 Å². The van der Waals surface area contributed by atoms with Crippen molar-refractivity contribution in [1.29, 1.82) is 0 Å². The normalized spacial score (nSPS) is 11.0. The number of aryl methyl sites for hydroxylation is 1. The lowest BCUT2D eigenvalue weighted by Crippen LogP contribution is -2.21. The molecule has 0 bridgehead atoms. The number of carbonyl (C=O) groups excluding carboxylic acids is 2. The summed E-state index contributed by atoms with van der Waals surface area (Å²) in [5, 5.41) is 17.4. The van der Waals surface area contributed by atoms with Crippen molar-refractivity contribution in [2.45, 2.75) is 20.3 Å². The van der Waals surface area contributed by atoms with Gasteiger partial charge >= 0.3 is 0 Å². The second kappa shape index (κ2) is 8.56. The van der Waals surface area contributed by atoms with Gasteiger partial charge in [-0.2, -0.15) is 5.10 Å². The summed E-state index contributed by atoms with van der Waals surface area (Å²) in [5.74, 6) is -0.947. The smallest absolute Gasteiger partial charge is 0.272 e. The standard InChI is InChI=1S/C18H19N5O4/c1-11-3-5-15(6-4-11)20-17(24)7-12(2)21-22-18(25)13-8-14(19)10-16(9-13)23(26)27/h3-6,8-10H,7,19H2,1-2H3,(H,20,24)(H,22,25)/b21-12-. The van der Waals surface area contributed by atoms with E-state index in [2.05, 4.69) is 15.8 Å². The molecule has 0 atom stereocenters. The van der Waals surface area contributed by atoms with Gasteiger partial charge in [0.05, 0.1) is 16.9 Å². The fourth-order valence-electron chi connectivity index (χ4n) is 2.20. The second-order valence-electron chi connectivity index (χ2n) is 5.95. The highest BCUT2D eigenvalue weighted by atomic mass is 16.6. The zero-order chi connectivity index (χ0) is 20.0. The van der Waals surface area contributed by atoms with Crippen LogP contribution in [0.1, 0.15) is 29.3 Å². The number of hydrogen-bond donors (Lipinski definition) is 3. The molecule has 0 aromatic heterocycles. The van der Waals surface area contributed by atoms with Gasteiger partial charge in [0.1, 0.15) is 0 Å². The van der Waals surface area contributed by atoms with E-state index < -0.39 is 10.8 Å². The van der Waals surface area contributed by atoms with E-state index in [4.69, 9.17) is 5.73 Å². The molecule has 0 saturated carbocycles. The van der Waals surface area contributed by atoms with Crippen LogP contribution in [-0.4, -0.2) is 22.4 Å². The molecule has 27 heavy (non-hydrogen) atoms. The summed E-state index contributed by atoms with van der Waals surface area (Å²) in [5.41, 5.74) is 9.73. The average molecular weight is 369 g/mol. The Kier molecular flexibility index (Phi) is 6.21. The molecular weight excluding hydrogens is 350 g/mol. The number of nitro benzene ring substituents is 1. The number of hydrogen-bond acceptors (Lipinski definition) is 6. The van der Waals surface area contributed by atoms with Gasteiger partial charge in [0.2, 0.25) is 5.91 Å². The van der Waals surface area contributed by atoms with Crippen LogP contribution in [0.5, 0.6) is 0 Å². The van der Waals surface area contributed by atoms with E-state index in [-0.39, 0.29) is 29.3 Å². The number of nitro groups is 1. The first-order valence-corrected chi connectivity index (χ1v) is 7.99. The minimum absolute atomic E-state index is 0.00218. The highest BCUT2D eigenvalue weighted by Crippen LogP contribution is 2.18. The largest absolute Gasteiger partial charge is 0.399 e. The fourth-order valence-corrected chi connectivity index (χ4v) is 2.20. The van der Waals surface area contributed by atoms with E-state index in [0.717, 1.165) is 17.7 Å². The minimum Gasteiger partial charge on any atom is -0.399 e. The van der Waals surface area contributed by atoms with Crippen LogP contribution in [0, 0.1) is 17.0 Å². The van der Waals surface area contributed by atoms with Gasteiger partial charge in [-0.3, -0.25) is 19.7 Å². The van der Waals surface area contributed by atoms with Crippen LogP contribution >= 0.6 is 0 Å². The molecule has 0 saturated heterocycles. The van der Waals surface area contributed by atoms with Gasteiger partial charge in [-0.15, -0.1) is 0 Å². The Morgan fingerprint density at radius 3 is 2.48 bits per heavy atom. The molecule has 0 fully saturated rings. The van der Waals surface area contributed by atoms with Crippen molar-refractivity contribution in [3.05, 3.63) is 63.7 Å². The molecular formula is C18H19N5O4. The van der Waals surface area contributed by atoms with E-state index in [1.54, 1.807) is 19.1 Å². The van der Waals surface area contributed by atoms with Crippen molar-refractivity contribution < 1.29 is 14.5 Å². The Morgan fingerprint density at radius 2 is 1.85 bits per heavy atom. The minimum atomic E-state index is -0.663. The van der Waals surface area contributed by atoms with Crippen LogP contribution in [0.3, 0.4) is 0 Å². The van der Waals surface area contributed by atoms with Gasteiger partial charge in [-0.1, -0.05) is 17.7 Å². The number of rotatable bonds is 6. The zero-order valence-corrected chi connectivity index (χ0v) is 14.9. The quantitative estimate of drug-likeness (QED) is 0.311. The number of non-ortho nitro benzene ring substituents is 1. The second-order valence-corrected chi connectivity index (χ2v) is 5.95. The molecule has 0 aliphatic rings. The number of carbonyl (C=O) groups is 2. The fraction of sp³-hybridized carbons (Fsp3) is 0.167. The molecule has 0 aliphatic carbocycles. The van der Waals surface area contributed by atoms with Gasteiger partial charge in [0.25, 0.3) is 11.6 Å². The number of hydrazone groups is 1. The van der Waals surface area contributed by atoms with Crippen LogP contribution < -0.4 is 16.5 Å². The molecule has 9 nitrogen and oxygen atoms in total. The maximum absolute atomic E-state index is 12.1. The Bertz CT molecular complexity index is 906. The first kappa shape index (κ1) is 19.6. The summed E-state index contributed by atoms with van der Waals surface area (Å²) in [7, 11) is 0. The highest BCUT2D eigenvalue weighted by molar-refractivity contribution is 6.06. The number of benzene rings is 2. The van der Waals surface area contributed by atoms with Gasteiger partial charge in [0.15, 0.2) is 0 Å². The van der Waals surface area contributed by atoms with E-state index in [9.17, 15) is 19.7 Å². The predicted molar refractivity (Wildman–Crippen MR) is 103 cm³/mol. The zero-order valence-electron chi connectivity index (χ0n) is 14.9. The number of anilines is 2. The van der Waals surface area contributed by atoms with Crippen LogP contribution in [0.2, 0.25) is 0 Å². The lowest BCUT2D eigenvalue weighted by molar-refractivity contribution is -0.384. The van der Waals surface area contributed by atoms with Crippen molar-refractivity contribution in [2.75, 3.05) is 11.1 Å². The SMILES string of the molecule is C/C(CC(=O)Nc1ccc(C)cc1)=N/NC(=O)c1cc(N)cc([N+](=O)[O-])c1.